The Morgan fingerprint density at radius 3 is 2.67 bits per heavy atom. The molecule has 0 saturated carbocycles. The third-order valence-electron chi connectivity index (χ3n) is 3.71. The quantitative estimate of drug-likeness (QED) is 0.773. The molecule has 0 aliphatic carbocycles. The van der Waals surface area contributed by atoms with Gasteiger partial charge in [-0.05, 0) is 57.1 Å². The molecular formula is C14H22BrN3O2S. The van der Waals surface area contributed by atoms with E-state index >= 15 is 0 Å². The van der Waals surface area contributed by atoms with Crippen LogP contribution in [0.15, 0.2) is 27.6 Å². The van der Waals surface area contributed by atoms with Crippen LogP contribution in [0.3, 0.4) is 0 Å². The van der Waals surface area contributed by atoms with Gasteiger partial charge in [0.05, 0.1) is 5.69 Å². The van der Waals surface area contributed by atoms with Gasteiger partial charge in [0.2, 0.25) is 10.0 Å². The van der Waals surface area contributed by atoms with Crippen molar-refractivity contribution >= 4 is 31.6 Å². The van der Waals surface area contributed by atoms with Crippen molar-refractivity contribution in [3.8, 4) is 0 Å². The molecule has 21 heavy (non-hydrogen) atoms. The number of benzene rings is 1. The molecule has 1 aromatic rings. The number of rotatable bonds is 5. The monoisotopic (exact) mass is 375 g/mol. The van der Waals surface area contributed by atoms with Crippen LogP contribution >= 0.6 is 15.9 Å². The van der Waals surface area contributed by atoms with E-state index in [0.29, 0.717) is 4.47 Å². The van der Waals surface area contributed by atoms with Gasteiger partial charge in [0.1, 0.15) is 4.90 Å². The van der Waals surface area contributed by atoms with Crippen molar-refractivity contribution in [3.63, 3.8) is 0 Å². The number of piperidine rings is 1. The third kappa shape index (κ3) is 4.42. The summed E-state index contributed by atoms with van der Waals surface area (Å²) < 4.78 is 28.4. The van der Waals surface area contributed by atoms with Gasteiger partial charge in [-0.2, -0.15) is 0 Å². The highest BCUT2D eigenvalue weighted by Crippen LogP contribution is 2.24. The molecular weight excluding hydrogens is 354 g/mol. The fourth-order valence-electron chi connectivity index (χ4n) is 2.61. The van der Waals surface area contributed by atoms with Gasteiger partial charge in [-0.3, -0.25) is 0 Å². The predicted octanol–water partition coefficient (Wildman–Crippen LogP) is 2.18. The topological polar surface area (TPSA) is 75.4 Å². The first-order valence-corrected chi connectivity index (χ1v) is 9.49. The maximum absolute atomic E-state index is 12.5. The maximum atomic E-state index is 12.5. The highest BCUT2D eigenvalue weighted by Gasteiger charge is 2.25. The largest absolute Gasteiger partial charge is 0.398 e. The molecule has 5 nitrogen and oxygen atoms in total. The first-order valence-electron chi connectivity index (χ1n) is 7.22. The molecule has 2 rings (SSSR count). The van der Waals surface area contributed by atoms with Gasteiger partial charge in [0.15, 0.2) is 0 Å². The number of anilines is 1. The van der Waals surface area contributed by atoms with Crippen LogP contribution in [-0.2, 0) is 10.0 Å². The lowest BCUT2D eigenvalue weighted by atomic mass is 10.1. The number of hydrogen-bond donors (Lipinski definition) is 2. The average Bonchev–Trinajstić information content (AvgIpc) is 2.43. The van der Waals surface area contributed by atoms with E-state index in [4.69, 9.17) is 5.73 Å². The van der Waals surface area contributed by atoms with E-state index in [9.17, 15) is 8.42 Å². The number of nitrogens with one attached hydrogen (secondary N) is 1. The summed E-state index contributed by atoms with van der Waals surface area (Å²) in [5.74, 6) is 0. The van der Waals surface area contributed by atoms with E-state index < -0.39 is 10.0 Å². The lowest BCUT2D eigenvalue weighted by Gasteiger charge is -2.31. The Morgan fingerprint density at radius 2 is 2.05 bits per heavy atom. The van der Waals surface area contributed by atoms with Crippen molar-refractivity contribution in [1.82, 2.24) is 9.62 Å². The first kappa shape index (κ1) is 16.7. The summed E-state index contributed by atoms with van der Waals surface area (Å²) in [4.78, 5) is 2.52. The molecule has 1 aliphatic heterocycles. The smallest absolute Gasteiger partial charge is 0.242 e. The number of nitrogens with zero attached hydrogens (tertiary/aromatic N) is 1. The lowest BCUT2D eigenvalue weighted by molar-refractivity contribution is 0.208. The summed E-state index contributed by atoms with van der Waals surface area (Å²) in [7, 11) is -3.57. The first-order chi connectivity index (χ1) is 9.92. The van der Waals surface area contributed by atoms with E-state index in [-0.39, 0.29) is 16.6 Å². The minimum Gasteiger partial charge on any atom is -0.398 e. The number of sulfonamides is 1. The second kappa shape index (κ2) is 7.09. The molecule has 0 bridgehead atoms. The summed E-state index contributed by atoms with van der Waals surface area (Å²) in [6.07, 6.45) is 2.81. The SMILES string of the molecule is CCCN1CCC(NS(=O)(=O)c2cc(Br)ccc2N)CC1. The van der Waals surface area contributed by atoms with Gasteiger partial charge < -0.3 is 10.6 Å². The molecule has 1 aliphatic rings. The van der Waals surface area contributed by atoms with Crippen molar-refractivity contribution in [2.24, 2.45) is 0 Å². The molecule has 1 heterocycles. The van der Waals surface area contributed by atoms with E-state index in [1.54, 1.807) is 18.2 Å². The number of hydrogen-bond acceptors (Lipinski definition) is 4. The summed E-state index contributed by atoms with van der Waals surface area (Å²) in [6, 6.07) is 4.87. The summed E-state index contributed by atoms with van der Waals surface area (Å²) in [5.41, 5.74) is 6.07. The molecule has 0 amide bonds. The second-order valence-corrected chi connectivity index (χ2v) is 8.02. The van der Waals surface area contributed by atoms with Crippen molar-refractivity contribution in [2.45, 2.75) is 37.1 Å². The number of likely N-dealkylation sites (tertiary alicyclic amines) is 1. The Hall–Kier alpha value is -0.630. The highest BCUT2D eigenvalue weighted by molar-refractivity contribution is 9.10. The molecule has 1 aromatic carbocycles. The fourth-order valence-corrected chi connectivity index (χ4v) is 4.59. The molecule has 1 saturated heterocycles. The number of nitrogens with two attached hydrogens (primary N) is 1. The van der Waals surface area contributed by atoms with Crippen LogP contribution in [0.5, 0.6) is 0 Å². The number of halogens is 1. The molecule has 0 atom stereocenters. The van der Waals surface area contributed by atoms with E-state index in [0.717, 1.165) is 38.9 Å². The van der Waals surface area contributed by atoms with Crippen LogP contribution in [0.25, 0.3) is 0 Å². The van der Waals surface area contributed by atoms with Crippen LogP contribution in [-0.4, -0.2) is 39.0 Å². The fraction of sp³-hybridized carbons (Fsp3) is 0.571. The molecule has 0 radical (unpaired) electrons. The number of nitrogen functional groups attached to an aromatic ring is 1. The van der Waals surface area contributed by atoms with Crippen LogP contribution < -0.4 is 10.5 Å². The average molecular weight is 376 g/mol. The van der Waals surface area contributed by atoms with Crippen LogP contribution in [0.1, 0.15) is 26.2 Å². The van der Waals surface area contributed by atoms with Gasteiger partial charge in [0, 0.05) is 10.5 Å². The normalized spacial score (nSPS) is 18.0. The zero-order valence-corrected chi connectivity index (χ0v) is 14.6. The van der Waals surface area contributed by atoms with Crippen molar-refractivity contribution in [2.75, 3.05) is 25.4 Å². The van der Waals surface area contributed by atoms with Crippen molar-refractivity contribution in [1.29, 1.82) is 0 Å². The zero-order chi connectivity index (χ0) is 15.5. The molecule has 0 aromatic heterocycles. The minimum atomic E-state index is -3.57. The van der Waals surface area contributed by atoms with Crippen molar-refractivity contribution in [3.05, 3.63) is 22.7 Å². The lowest BCUT2D eigenvalue weighted by Crippen LogP contribution is -2.44. The maximum Gasteiger partial charge on any atom is 0.242 e. The second-order valence-electron chi connectivity index (χ2n) is 5.42. The van der Waals surface area contributed by atoms with Gasteiger partial charge in [-0.15, -0.1) is 0 Å². The van der Waals surface area contributed by atoms with Crippen LogP contribution in [0, 0.1) is 0 Å². The molecule has 0 unspecified atom stereocenters. The van der Waals surface area contributed by atoms with E-state index in [2.05, 4.69) is 32.5 Å². The molecule has 1 fully saturated rings. The predicted molar refractivity (Wildman–Crippen MR) is 88.6 cm³/mol. The van der Waals surface area contributed by atoms with Crippen LogP contribution in [0.2, 0.25) is 0 Å². The third-order valence-corrected chi connectivity index (χ3v) is 5.78. The standard InChI is InChI=1S/C14H22BrN3O2S/c1-2-7-18-8-5-12(6-9-18)17-21(19,20)14-10-11(15)3-4-13(14)16/h3-4,10,12,17H,2,5-9,16H2,1H3. The Bertz CT molecular complexity index is 584. The van der Waals surface area contributed by atoms with E-state index in [1.807, 2.05) is 0 Å². The van der Waals surface area contributed by atoms with Gasteiger partial charge in [0.25, 0.3) is 0 Å². The zero-order valence-electron chi connectivity index (χ0n) is 12.2. The summed E-state index contributed by atoms with van der Waals surface area (Å²) in [5, 5.41) is 0. The summed E-state index contributed by atoms with van der Waals surface area (Å²) >= 11 is 3.28. The molecule has 7 heteroatoms. The van der Waals surface area contributed by atoms with Gasteiger partial charge in [-0.25, -0.2) is 13.1 Å². The summed E-state index contributed by atoms with van der Waals surface area (Å²) in [6.45, 7) is 5.12. The van der Waals surface area contributed by atoms with Gasteiger partial charge in [-0.1, -0.05) is 22.9 Å². The Morgan fingerprint density at radius 1 is 1.38 bits per heavy atom. The van der Waals surface area contributed by atoms with Crippen molar-refractivity contribution < 1.29 is 8.42 Å². The Balaban J connectivity index is 2.04. The van der Waals surface area contributed by atoms with Crippen LogP contribution in [0.4, 0.5) is 5.69 Å². The minimum absolute atomic E-state index is 0.0125. The van der Waals surface area contributed by atoms with E-state index in [1.165, 1.54) is 0 Å². The molecule has 3 N–H and O–H groups in total. The Labute approximate surface area is 135 Å². The van der Waals surface area contributed by atoms with Gasteiger partial charge >= 0.3 is 0 Å². The highest BCUT2D eigenvalue weighted by atomic mass is 79.9. The Kier molecular flexibility index (Phi) is 5.65. The molecule has 0 spiro atoms. The molecule has 118 valence electrons.